The zero-order valence-electron chi connectivity index (χ0n) is 8.14. The van der Waals surface area contributed by atoms with Crippen LogP contribution in [0.25, 0.3) is 0 Å². The van der Waals surface area contributed by atoms with Crippen LogP contribution in [-0.2, 0) is 16.0 Å². The Morgan fingerprint density at radius 3 is 2.81 bits per heavy atom. The van der Waals surface area contributed by atoms with E-state index in [-0.39, 0.29) is 20.7 Å². The summed E-state index contributed by atoms with van der Waals surface area (Å²) < 4.78 is 29.5. The number of aromatic nitrogens is 1. The SMILES string of the molecule is COC(=O)Cc1cnc(C(F)F)c(I)c1Cl. The molecule has 0 radical (unpaired) electrons. The van der Waals surface area contributed by atoms with Crippen molar-refractivity contribution in [1.29, 1.82) is 0 Å². The van der Waals surface area contributed by atoms with Crippen molar-refractivity contribution in [1.82, 2.24) is 4.98 Å². The monoisotopic (exact) mass is 361 g/mol. The molecule has 16 heavy (non-hydrogen) atoms. The predicted molar refractivity (Wildman–Crippen MR) is 62.6 cm³/mol. The van der Waals surface area contributed by atoms with Gasteiger partial charge in [-0.05, 0) is 22.6 Å². The topological polar surface area (TPSA) is 39.2 Å². The molecule has 0 fully saturated rings. The van der Waals surface area contributed by atoms with Crippen LogP contribution in [-0.4, -0.2) is 18.1 Å². The Kier molecular flexibility index (Phi) is 4.85. The van der Waals surface area contributed by atoms with Gasteiger partial charge in [-0.3, -0.25) is 9.78 Å². The third-order valence-corrected chi connectivity index (χ3v) is 3.67. The van der Waals surface area contributed by atoms with Crippen LogP contribution < -0.4 is 0 Å². The Hall–Kier alpha value is -0.500. The van der Waals surface area contributed by atoms with Crippen molar-refractivity contribution in [2.24, 2.45) is 0 Å². The van der Waals surface area contributed by atoms with Crippen LogP contribution in [0.15, 0.2) is 6.20 Å². The minimum Gasteiger partial charge on any atom is -0.469 e. The second-order valence-corrected chi connectivity index (χ2v) is 4.31. The lowest BCUT2D eigenvalue weighted by Crippen LogP contribution is -2.07. The van der Waals surface area contributed by atoms with Crippen LogP contribution in [0, 0.1) is 3.57 Å². The van der Waals surface area contributed by atoms with Gasteiger partial charge in [0.15, 0.2) is 0 Å². The van der Waals surface area contributed by atoms with Crippen LogP contribution in [0.1, 0.15) is 17.7 Å². The molecule has 0 aliphatic carbocycles. The van der Waals surface area contributed by atoms with Crippen molar-refractivity contribution in [2.75, 3.05) is 7.11 Å². The van der Waals surface area contributed by atoms with Gasteiger partial charge in [-0.15, -0.1) is 0 Å². The van der Waals surface area contributed by atoms with Crippen molar-refractivity contribution in [2.45, 2.75) is 12.8 Å². The molecular weight excluding hydrogens is 354 g/mol. The number of esters is 1. The zero-order valence-corrected chi connectivity index (χ0v) is 11.1. The zero-order chi connectivity index (χ0) is 12.3. The van der Waals surface area contributed by atoms with Crippen LogP contribution >= 0.6 is 34.2 Å². The van der Waals surface area contributed by atoms with Crippen molar-refractivity contribution in [3.8, 4) is 0 Å². The van der Waals surface area contributed by atoms with Crippen molar-refractivity contribution in [3.05, 3.63) is 26.0 Å². The summed E-state index contributed by atoms with van der Waals surface area (Å²) in [7, 11) is 1.24. The largest absolute Gasteiger partial charge is 0.469 e. The van der Waals surface area contributed by atoms with Gasteiger partial charge in [-0.2, -0.15) is 0 Å². The highest BCUT2D eigenvalue weighted by Crippen LogP contribution is 2.30. The maximum Gasteiger partial charge on any atom is 0.310 e. The first-order chi connectivity index (χ1) is 7.47. The van der Waals surface area contributed by atoms with Crippen molar-refractivity contribution >= 4 is 40.2 Å². The maximum atomic E-state index is 12.5. The van der Waals surface area contributed by atoms with E-state index in [0.29, 0.717) is 5.56 Å². The number of methoxy groups -OCH3 is 1. The lowest BCUT2D eigenvalue weighted by Gasteiger charge is -2.08. The molecule has 0 spiro atoms. The van der Waals surface area contributed by atoms with E-state index in [4.69, 9.17) is 11.6 Å². The Morgan fingerprint density at radius 1 is 1.69 bits per heavy atom. The number of nitrogens with zero attached hydrogens (tertiary/aromatic N) is 1. The second kappa shape index (κ2) is 5.72. The van der Waals surface area contributed by atoms with E-state index in [9.17, 15) is 13.6 Å². The van der Waals surface area contributed by atoms with Crippen molar-refractivity contribution < 1.29 is 18.3 Å². The molecule has 1 aromatic heterocycles. The van der Waals surface area contributed by atoms with Gasteiger partial charge in [-0.1, -0.05) is 11.6 Å². The molecule has 1 aromatic rings. The average molecular weight is 362 g/mol. The number of carbonyl (C=O) groups excluding carboxylic acids is 1. The van der Waals surface area contributed by atoms with Gasteiger partial charge >= 0.3 is 5.97 Å². The molecule has 0 amide bonds. The molecule has 1 heterocycles. The molecule has 0 unspecified atom stereocenters. The summed E-state index contributed by atoms with van der Waals surface area (Å²) in [5, 5.41) is 0.122. The number of hydrogen-bond donors (Lipinski definition) is 0. The van der Waals surface area contributed by atoms with E-state index in [2.05, 4.69) is 9.72 Å². The number of alkyl halides is 2. The van der Waals surface area contributed by atoms with Gasteiger partial charge in [0.25, 0.3) is 6.43 Å². The summed E-state index contributed by atoms with van der Waals surface area (Å²) in [5.41, 5.74) is 0.00142. The highest BCUT2D eigenvalue weighted by molar-refractivity contribution is 14.1. The fourth-order valence-corrected chi connectivity index (χ4v) is 1.95. The van der Waals surface area contributed by atoms with Gasteiger partial charge in [0.1, 0.15) is 5.69 Å². The smallest absolute Gasteiger partial charge is 0.310 e. The van der Waals surface area contributed by atoms with E-state index in [1.54, 1.807) is 22.6 Å². The van der Waals surface area contributed by atoms with Crippen LogP contribution in [0.5, 0.6) is 0 Å². The predicted octanol–water partition coefficient (Wildman–Crippen LogP) is 2.99. The molecule has 0 aliphatic heterocycles. The fourth-order valence-electron chi connectivity index (χ4n) is 1.02. The summed E-state index contributed by atoms with van der Waals surface area (Å²) in [5.74, 6) is -0.496. The second-order valence-electron chi connectivity index (χ2n) is 2.85. The first-order valence-corrected chi connectivity index (χ1v) is 5.60. The van der Waals surface area contributed by atoms with Gasteiger partial charge in [0, 0.05) is 11.8 Å². The number of hydrogen-bond acceptors (Lipinski definition) is 3. The fraction of sp³-hybridized carbons (Fsp3) is 0.333. The van der Waals surface area contributed by atoms with Gasteiger partial charge < -0.3 is 4.74 Å². The molecule has 0 atom stereocenters. The highest BCUT2D eigenvalue weighted by Gasteiger charge is 2.19. The van der Waals surface area contributed by atoms with Crippen LogP contribution in [0.3, 0.4) is 0 Å². The third kappa shape index (κ3) is 3.00. The number of ether oxygens (including phenoxy) is 1. The number of rotatable bonds is 3. The van der Waals surface area contributed by atoms with Crippen LogP contribution in [0.4, 0.5) is 8.78 Å². The van der Waals surface area contributed by atoms with E-state index < -0.39 is 12.4 Å². The molecule has 0 saturated heterocycles. The van der Waals surface area contributed by atoms with Gasteiger partial charge in [0.05, 0.1) is 22.1 Å². The molecular formula is C9H7ClF2INO2. The maximum absolute atomic E-state index is 12.5. The molecule has 1 rings (SSSR count). The first kappa shape index (κ1) is 13.6. The molecule has 88 valence electrons. The van der Waals surface area contributed by atoms with Gasteiger partial charge in [0.2, 0.25) is 0 Å². The molecule has 0 aliphatic rings. The number of carbonyl (C=O) groups is 1. The Labute approximate surface area is 109 Å². The summed E-state index contributed by atoms with van der Waals surface area (Å²) in [4.78, 5) is 14.6. The molecule has 7 heteroatoms. The average Bonchev–Trinajstić information content (AvgIpc) is 2.24. The molecule has 0 aromatic carbocycles. The van der Waals surface area contributed by atoms with Crippen molar-refractivity contribution in [3.63, 3.8) is 0 Å². The molecule has 3 nitrogen and oxygen atoms in total. The lowest BCUT2D eigenvalue weighted by molar-refractivity contribution is -0.139. The molecule has 0 saturated carbocycles. The summed E-state index contributed by atoms with van der Waals surface area (Å²) in [6.07, 6.45) is -1.60. The van der Waals surface area contributed by atoms with E-state index in [1.807, 2.05) is 0 Å². The van der Waals surface area contributed by atoms with E-state index in [1.165, 1.54) is 13.3 Å². The standard InChI is InChI=1S/C9H7ClF2INO2/c1-16-5(15)2-4-3-14-8(9(11)12)7(13)6(4)10/h3,9H,2H2,1H3. The summed E-state index contributed by atoms with van der Waals surface area (Å²) in [6.45, 7) is 0. The highest BCUT2D eigenvalue weighted by atomic mass is 127. The first-order valence-electron chi connectivity index (χ1n) is 4.15. The minimum absolute atomic E-state index is 0.0815. The summed E-state index contributed by atoms with van der Waals surface area (Å²) in [6, 6.07) is 0. The molecule has 0 bridgehead atoms. The molecule has 0 N–H and O–H groups in total. The Morgan fingerprint density at radius 2 is 2.31 bits per heavy atom. The van der Waals surface area contributed by atoms with E-state index >= 15 is 0 Å². The normalized spacial score (nSPS) is 10.6. The minimum atomic E-state index is -2.68. The van der Waals surface area contributed by atoms with Gasteiger partial charge in [-0.25, -0.2) is 8.78 Å². The quantitative estimate of drug-likeness (QED) is 0.614. The van der Waals surface area contributed by atoms with Crippen LogP contribution in [0.2, 0.25) is 5.02 Å². The third-order valence-electron chi connectivity index (χ3n) is 1.83. The summed E-state index contributed by atoms with van der Waals surface area (Å²) >= 11 is 7.53. The Balaban J connectivity index is 3.07. The van der Waals surface area contributed by atoms with E-state index in [0.717, 1.165) is 0 Å². The lowest BCUT2D eigenvalue weighted by atomic mass is 10.2. The number of halogens is 4. The Bertz CT molecular complexity index is 415. The number of pyridine rings is 1.